The van der Waals surface area contributed by atoms with Crippen molar-refractivity contribution in [2.45, 2.75) is 0 Å². The summed E-state index contributed by atoms with van der Waals surface area (Å²) in [5.41, 5.74) is 1.85. The summed E-state index contributed by atoms with van der Waals surface area (Å²) in [6, 6.07) is 23.8. The first-order valence-corrected chi connectivity index (χ1v) is 9.08. The Hall–Kier alpha value is -3.18. The van der Waals surface area contributed by atoms with Crippen molar-refractivity contribution in [3.63, 3.8) is 0 Å². The van der Waals surface area contributed by atoms with E-state index in [2.05, 4.69) is 20.9 Å². The van der Waals surface area contributed by atoms with Crippen molar-refractivity contribution < 1.29 is 9.15 Å². The third-order valence-corrected chi connectivity index (χ3v) is 4.66. The summed E-state index contributed by atoms with van der Waals surface area (Å²) in [5, 5.41) is 0.744. The maximum absolute atomic E-state index is 11.7. The lowest BCUT2D eigenvalue weighted by atomic mass is 10.2. The molecule has 0 saturated heterocycles. The Balaban J connectivity index is 1.57. The number of hydrogen-bond donors (Lipinski definition) is 0. The van der Waals surface area contributed by atoms with Crippen LogP contribution in [0.2, 0.25) is 0 Å². The summed E-state index contributed by atoms with van der Waals surface area (Å²) in [6.45, 7) is 0. The fourth-order valence-electron chi connectivity index (χ4n) is 2.62. The number of rotatable bonds is 4. The fraction of sp³-hybridized carbons (Fsp3) is 0. The first-order valence-electron chi connectivity index (χ1n) is 8.28. The number of halogens is 1. The average molecular weight is 420 g/mol. The SMILES string of the molecule is O=c1cc(Oc2ccc(N=Cc3ccccc3Br)cc2)c2ccccc2o1. The molecule has 0 spiro atoms. The predicted molar refractivity (Wildman–Crippen MR) is 110 cm³/mol. The topological polar surface area (TPSA) is 51.8 Å². The molecule has 4 nitrogen and oxygen atoms in total. The molecular formula is C22H14BrNO3. The standard InChI is InChI=1S/C22H14BrNO3/c23-19-7-3-1-5-15(19)14-24-16-9-11-17(12-10-16)26-21-13-22(25)27-20-8-4-2-6-18(20)21/h1-14H. The van der Waals surface area contributed by atoms with E-state index in [0.29, 0.717) is 17.1 Å². The molecule has 0 radical (unpaired) electrons. The van der Waals surface area contributed by atoms with Crippen LogP contribution in [-0.2, 0) is 0 Å². The molecule has 0 unspecified atom stereocenters. The van der Waals surface area contributed by atoms with Crippen LogP contribution >= 0.6 is 15.9 Å². The molecule has 0 aliphatic heterocycles. The Morgan fingerprint density at radius 3 is 2.48 bits per heavy atom. The van der Waals surface area contributed by atoms with Gasteiger partial charge in [-0.3, -0.25) is 4.99 Å². The van der Waals surface area contributed by atoms with Crippen LogP contribution < -0.4 is 10.4 Å². The molecule has 1 heterocycles. The van der Waals surface area contributed by atoms with Gasteiger partial charge in [0, 0.05) is 16.3 Å². The van der Waals surface area contributed by atoms with E-state index in [0.717, 1.165) is 21.1 Å². The van der Waals surface area contributed by atoms with Crippen LogP contribution in [0.5, 0.6) is 11.5 Å². The van der Waals surface area contributed by atoms with Gasteiger partial charge in [-0.15, -0.1) is 0 Å². The van der Waals surface area contributed by atoms with Crippen molar-refractivity contribution in [2.75, 3.05) is 0 Å². The van der Waals surface area contributed by atoms with Gasteiger partial charge in [0.05, 0.1) is 17.1 Å². The van der Waals surface area contributed by atoms with Crippen molar-refractivity contribution in [2.24, 2.45) is 4.99 Å². The highest BCUT2D eigenvalue weighted by Gasteiger charge is 2.07. The van der Waals surface area contributed by atoms with Crippen LogP contribution in [-0.4, -0.2) is 6.21 Å². The number of aliphatic imine (C=N–C) groups is 1. The second-order valence-corrected chi connectivity index (χ2v) is 6.66. The van der Waals surface area contributed by atoms with Crippen molar-refractivity contribution in [3.05, 3.63) is 99.3 Å². The van der Waals surface area contributed by atoms with Crippen molar-refractivity contribution in [1.82, 2.24) is 0 Å². The smallest absolute Gasteiger partial charge is 0.339 e. The fourth-order valence-corrected chi connectivity index (χ4v) is 3.00. The van der Waals surface area contributed by atoms with Crippen LogP contribution in [0.15, 0.2) is 97.5 Å². The minimum Gasteiger partial charge on any atom is -0.456 e. The van der Waals surface area contributed by atoms with Crippen LogP contribution in [0.25, 0.3) is 11.0 Å². The summed E-state index contributed by atoms with van der Waals surface area (Å²) < 4.78 is 12.1. The van der Waals surface area contributed by atoms with Crippen LogP contribution in [0, 0.1) is 0 Å². The lowest BCUT2D eigenvalue weighted by Crippen LogP contribution is -1.98. The van der Waals surface area contributed by atoms with E-state index in [4.69, 9.17) is 9.15 Å². The Morgan fingerprint density at radius 2 is 1.67 bits per heavy atom. The van der Waals surface area contributed by atoms with E-state index in [1.807, 2.05) is 66.7 Å². The van der Waals surface area contributed by atoms with Gasteiger partial charge in [-0.25, -0.2) is 4.79 Å². The molecule has 27 heavy (non-hydrogen) atoms. The lowest BCUT2D eigenvalue weighted by molar-refractivity contribution is 0.475. The van der Waals surface area contributed by atoms with Gasteiger partial charge in [-0.05, 0) is 42.5 Å². The largest absolute Gasteiger partial charge is 0.456 e. The van der Waals surface area contributed by atoms with Gasteiger partial charge in [0.25, 0.3) is 0 Å². The molecule has 0 bridgehead atoms. The molecule has 0 aliphatic carbocycles. The molecule has 3 aromatic carbocycles. The summed E-state index contributed by atoms with van der Waals surface area (Å²) in [5.74, 6) is 1.08. The van der Waals surface area contributed by atoms with E-state index in [-0.39, 0.29) is 0 Å². The second kappa shape index (κ2) is 7.60. The van der Waals surface area contributed by atoms with Gasteiger partial charge in [-0.2, -0.15) is 0 Å². The third kappa shape index (κ3) is 3.99. The van der Waals surface area contributed by atoms with Gasteiger partial charge in [0.2, 0.25) is 0 Å². The minimum absolute atomic E-state index is 0.446. The van der Waals surface area contributed by atoms with Crippen molar-refractivity contribution >= 4 is 38.8 Å². The predicted octanol–water partition coefficient (Wildman–Crippen LogP) is 6.10. The molecule has 0 atom stereocenters. The third-order valence-electron chi connectivity index (χ3n) is 3.93. The molecule has 4 aromatic rings. The number of nitrogens with zero attached hydrogens (tertiary/aromatic N) is 1. The van der Waals surface area contributed by atoms with Gasteiger partial charge in [0.1, 0.15) is 17.1 Å². The zero-order chi connectivity index (χ0) is 18.6. The summed E-state index contributed by atoms with van der Waals surface area (Å²) in [6.07, 6.45) is 1.80. The van der Waals surface area contributed by atoms with E-state index in [1.165, 1.54) is 6.07 Å². The Morgan fingerprint density at radius 1 is 0.926 bits per heavy atom. The summed E-state index contributed by atoms with van der Waals surface area (Å²) in [7, 11) is 0. The maximum atomic E-state index is 11.7. The molecule has 0 fully saturated rings. The molecule has 132 valence electrons. The zero-order valence-corrected chi connectivity index (χ0v) is 15.7. The summed E-state index contributed by atoms with van der Waals surface area (Å²) in [4.78, 5) is 16.2. The van der Waals surface area contributed by atoms with E-state index in [1.54, 1.807) is 12.3 Å². The van der Waals surface area contributed by atoms with Crippen LogP contribution in [0.3, 0.4) is 0 Å². The highest BCUT2D eigenvalue weighted by Crippen LogP contribution is 2.29. The first kappa shape index (κ1) is 17.2. The maximum Gasteiger partial charge on any atom is 0.339 e. The van der Waals surface area contributed by atoms with E-state index >= 15 is 0 Å². The molecule has 4 rings (SSSR count). The van der Waals surface area contributed by atoms with Crippen molar-refractivity contribution in [1.29, 1.82) is 0 Å². The molecular weight excluding hydrogens is 406 g/mol. The molecule has 5 heteroatoms. The van der Waals surface area contributed by atoms with E-state index in [9.17, 15) is 4.79 Å². The quantitative estimate of drug-likeness (QED) is 0.296. The minimum atomic E-state index is -0.446. The van der Waals surface area contributed by atoms with Gasteiger partial charge in [0.15, 0.2) is 0 Å². The van der Waals surface area contributed by atoms with E-state index < -0.39 is 5.63 Å². The first-order chi connectivity index (χ1) is 13.2. The molecule has 0 N–H and O–H groups in total. The second-order valence-electron chi connectivity index (χ2n) is 5.80. The molecule has 0 saturated carbocycles. The number of benzene rings is 3. The molecule has 1 aromatic heterocycles. The Labute approximate surface area is 163 Å². The molecule has 0 amide bonds. The van der Waals surface area contributed by atoms with Gasteiger partial charge < -0.3 is 9.15 Å². The highest BCUT2D eigenvalue weighted by atomic mass is 79.9. The zero-order valence-electron chi connectivity index (χ0n) is 14.1. The average Bonchev–Trinajstić information content (AvgIpc) is 2.68. The van der Waals surface area contributed by atoms with Crippen LogP contribution in [0.1, 0.15) is 5.56 Å². The monoisotopic (exact) mass is 419 g/mol. The van der Waals surface area contributed by atoms with Gasteiger partial charge in [-0.1, -0.05) is 46.3 Å². The Kier molecular flexibility index (Phi) is 4.85. The highest BCUT2D eigenvalue weighted by molar-refractivity contribution is 9.10. The number of hydrogen-bond acceptors (Lipinski definition) is 4. The molecule has 0 aliphatic rings. The van der Waals surface area contributed by atoms with Crippen LogP contribution in [0.4, 0.5) is 5.69 Å². The number of para-hydroxylation sites is 1. The lowest BCUT2D eigenvalue weighted by Gasteiger charge is -2.08. The normalized spacial score (nSPS) is 11.1. The number of fused-ring (bicyclic) bond motifs is 1. The number of ether oxygens (including phenoxy) is 1. The van der Waals surface area contributed by atoms with Gasteiger partial charge >= 0.3 is 5.63 Å². The Bertz CT molecular complexity index is 1180. The summed E-state index contributed by atoms with van der Waals surface area (Å²) >= 11 is 3.50. The van der Waals surface area contributed by atoms with Crippen molar-refractivity contribution in [3.8, 4) is 11.5 Å².